The van der Waals surface area contributed by atoms with Gasteiger partial charge in [-0.15, -0.1) is 17.9 Å². The highest BCUT2D eigenvalue weighted by molar-refractivity contribution is 7.07. The Balaban J connectivity index is 2.54. The third-order valence-corrected chi connectivity index (χ3v) is 5.12. The van der Waals surface area contributed by atoms with Gasteiger partial charge in [-0.25, -0.2) is 0 Å². The predicted molar refractivity (Wildman–Crippen MR) is 112 cm³/mol. The molecule has 158 valence electrons. The van der Waals surface area contributed by atoms with Crippen LogP contribution in [0.2, 0.25) is 0 Å². The number of allylic oxidation sites excluding steroid dienone is 1. The number of alkyl halides is 2. The fourth-order valence-corrected chi connectivity index (χ4v) is 3.67. The number of unbranched alkanes of at least 4 members (excludes halogenated alkanes) is 1. The second kappa shape index (κ2) is 11.1. The van der Waals surface area contributed by atoms with Gasteiger partial charge in [0.05, 0.1) is 4.53 Å². The summed E-state index contributed by atoms with van der Waals surface area (Å²) >= 11 is 1.01. The van der Waals surface area contributed by atoms with Crippen molar-refractivity contribution in [1.29, 1.82) is 5.26 Å². The molecule has 9 heteroatoms. The molecule has 0 atom stereocenters. The average Bonchev–Trinajstić information content (AvgIpc) is 3.00. The third-order valence-electron chi connectivity index (χ3n) is 3.99. The van der Waals surface area contributed by atoms with Gasteiger partial charge < -0.3 is 10.1 Å². The van der Waals surface area contributed by atoms with Crippen molar-refractivity contribution in [2.45, 2.75) is 32.9 Å². The van der Waals surface area contributed by atoms with Gasteiger partial charge in [-0.3, -0.25) is 14.2 Å². The standard InChI is InChI=1S/C21H21F2N3O3S/c1-3-5-10-25-18(27)16(13-24)20-26(11-4-2)19(28)17(30-20)12-14-6-8-15(9-7-14)29-21(22)23/h4,6-9,12,21H,2-3,5,10-11H2,1H3,(H,25,27)/b17-12-,20-16-. The fourth-order valence-electron chi connectivity index (χ4n) is 2.56. The van der Waals surface area contributed by atoms with Crippen LogP contribution in [0.4, 0.5) is 8.78 Å². The van der Waals surface area contributed by atoms with E-state index in [4.69, 9.17) is 0 Å². The van der Waals surface area contributed by atoms with Gasteiger partial charge in [0.1, 0.15) is 16.5 Å². The number of nitrogens with one attached hydrogen (secondary N) is 1. The van der Waals surface area contributed by atoms with Crippen molar-refractivity contribution in [3.63, 3.8) is 0 Å². The molecule has 0 bridgehead atoms. The molecule has 1 heterocycles. The largest absolute Gasteiger partial charge is 0.435 e. The second-order valence-electron chi connectivity index (χ2n) is 6.16. The maximum absolute atomic E-state index is 12.8. The van der Waals surface area contributed by atoms with E-state index in [1.165, 1.54) is 34.9 Å². The highest BCUT2D eigenvalue weighted by Gasteiger charge is 2.15. The second-order valence-corrected chi connectivity index (χ2v) is 7.19. The number of nitrogens with zero attached hydrogens (tertiary/aromatic N) is 2. The van der Waals surface area contributed by atoms with Gasteiger partial charge in [-0.05, 0) is 30.2 Å². The molecule has 2 aromatic rings. The quantitative estimate of drug-likeness (QED) is 0.485. The summed E-state index contributed by atoms with van der Waals surface area (Å²) in [5.41, 5.74) is 0.0606. The van der Waals surface area contributed by atoms with Crippen molar-refractivity contribution in [2.24, 2.45) is 0 Å². The predicted octanol–water partition coefficient (Wildman–Crippen LogP) is 2.12. The smallest absolute Gasteiger partial charge is 0.387 e. The third kappa shape index (κ3) is 5.87. The molecule has 0 fully saturated rings. The van der Waals surface area contributed by atoms with Crippen molar-refractivity contribution < 1.29 is 18.3 Å². The van der Waals surface area contributed by atoms with Crippen molar-refractivity contribution in [2.75, 3.05) is 6.54 Å². The zero-order valence-electron chi connectivity index (χ0n) is 16.4. The molecule has 0 aliphatic heterocycles. The van der Waals surface area contributed by atoms with Crippen molar-refractivity contribution in [3.8, 4) is 11.8 Å². The number of hydrogen-bond acceptors (Lipinski definition) is 5. The van der Waals surface area contributed by atoms with Crippen LogP contribution in [0.15, 0.2) is 41.7 Å². The molecule has 0 aliphatic rings. The lowest BCUT2D eigenvalue weighted by atomic mass is 10.2. The highest BCUT2D eigenvalue weighted by atomic mass is 32.1. The van der Waals surface area contributed by atoms with Crippen LogP contribution in [-0.4, -0.2) is 23.6 Å². The molecule has 6 nitrogen and oxygen atoms in total. The van der Waals surface area contributed by atoms with Crippen LogP contribution in [0.25, 0.3) is 11.6 Å². The number of hydrogen-bond donors (Lipinski definition) is 1. The van der Waals surface area contributed by atoms with E-state index in [0.717, 1.165) is 24.2 Å². The monoisotopic (exact) mass is 433 g/mol. The van der Waals surface area contributed by atoms with Gasteiger partial charge in [0.2, 0.25) is 0 Å². The van der Waals surface area contributed by atoms with Crippen LogP contribution in [0.3, 0.4) is 0 Å². The molecule has 0 saturated heterocycles. The minimum Gasteiger partial charge on any atom is -0.435 e. The van der Waals surface area contributed by atoms with E-state index < -0.39 is 12.5 Å². The van der Waals surface area contributed by atoms with E-state index in [0.29, 0.717) is 16.6 Å². The van der Waals surface area contributed by atoms with Crippen LogP contribution in [0.5, 0.6) is 5.75 Å². The normalized spacial score (nSPS) is 12.4. The minimum atomic E-state index is -2.92. The Morgan fingerprint density at radius 1 is 1.40 bits per heavy atom. The first-order valence-corrected chi connectivity index (χ1v) is 10.0. The van der Waals surface area contributed by atoms with Gasteiger partial charge in [0, 0.05) is 13.1 Å². The summed E-state index contributed by atoms with van der Waals surface area (Å²) in [6.45, 7) is 3.25. The van der Waals surface area contributed by atoms with Gasteiger partial charge in [0.15, 0.2) is 5.57 Å². The molecular formula is C21H21F2N3O3S. The molecule has 0 radical (unpaired) electrons. The number of benzene rings is 1. The first kappa shape index (κ1) is 23.0. The van der Waals surface area contributed by atoms with Crippen LogP contribution >= 0.6 is 11.3 Å². The molecular weight excluding hydrogens is 412 g/mol. The number of rotatable bonds is 9. The van der Waals surface area contributed by atoms with Crippen LogP contribution < -0.4 is 24.8 Å². The lowest BCUT2D eigenvalue weighted by molar-refractivity contribution is -0.115. The Kier molecular flexibility index (Phi) is 8.50. The Bertz CT molecular complexity index is 1110. The molecule has 30 heavy (non-hydrogen) atoms. The molecule has 0 aliphatic carbocycles. The summed E-state index contributed by atoms with van der Waals surface area (Å²) in [7, 11) is 0. The number of halogens is 2. The fraction of sp³-hybridized carbons (Fsp3) is 0.286. The van der Waals surface area contributed by atoms with Crippen LogP contribution in [0.1, 0.15) is 25.3 Å². The number of carbonyl (C=O) groups excluding carboxylic acids is 1. The molecule has 0 unspecified atom stereocenters. The summed E-state index contributed by atoms with van der Waals surface area (Å²) < 4.78 is 30.7. The highest BCUT2D eigenvalue weighted by Crippen LogP contribution is 2.15. The summed E-state index contributed by atoms with van der Waals surface area (Å²) in [6, 6.07) is 7.68. The van der Waals surface area contributed by atoms with E-state index in [9.17, 15) is 23.6 Å². The SMILES string of the molecule is C=CCn1c(=O)/c(=C/c2ccc(OC(F)F)cc2)s/c1=C(/C#N)C(=O)NCCCC. The summed E-state index contributed by atoms with van der Waals surface area (Å²) in [5, 5.41) is 12.2. The van der Waals surface area contributed by atoms with Crippen molar-refractivity contribution in [3.05, 3.63) is 62.0 Å². The maximum Gasteiger partial charge on any atom is 0.387 e. The van der Waals surface area contributed by atoms with Crippen molar-refractivity contribution in [1.82, 2.24) is 9.88 Å². The van der Waals surface area contributed by atoms with Gasteiger partial charge in [-0.1, -0.05) is 31.6 Å². The minimum absolute atomic E-state index is 0.00179. The van der Waals surface area contributed by atoms with Crippen LogP contribution in [-0.2, 0) is 11.3 Å². The molecule has 1 aromatic carbocycles. The van der Waals surface area contributed by atoms with E-state index in [-0.39, 0.29) is 28.1 Å². The lowest BCUT2D eigenvalue weighted by Gasteiger charge is -2.03. The number of ether oxygens (including phenoxy) is 1. The Morgan fingerprint density at radius 2 is 2.10 bits per heavy atom. The van der Waals surface area contributed by atoms with Gasteiger partial charge in [0.25, 0.3) is 11.5 Å². The lowest BCUT2D eigenvalue weighted by Crippen LogP contribution is -2.34. The van der Waals surface area contributed by atoms with E-state index >= 15 is 0 Å². The number of carbonyl (C=O) groups is 1. The molecule has 1 aromatic heterocycles. The van der Waals surface area contributed by atoms with E-state index in [2.05, 4.69) is 16.6 Å². The topological polar surface area (TPSA) is 84.1 Å². The average molecular weight is 433 g/mol. The number of amides is 1. The molecule has 0 saturated carbocycles. The summed E-state index contributed by atoms with van der Waals surface area (Å²) in [5.74, 6) is -0.535. The molecule has 0 spiro atoms. The van der Waals surface area contributed by atoms with Crippen molar-refractivity contribution >= 4 is 28.9 Å². The summed E-state index contributed by atoms with van der Waals surface area (Å²) in [4.78, 5) is 25.2. The molecule has 1 amide bonds. The molecule has 2 rings (SSSR count). The Morgan fingerprint density at radius 3 is 2.67 bits per heavy atom. The van der Waals surface area contributed by atoms with E-state index in [1.54, 1.807) is 6.08 Å². The first-order valence-electron chi connectivity index (χ1n) is 9.21. The number of nitriles is 1. The van der Waals surface area contributed by atoms with Crippen LogP contribution in [0, 0.1) is 11.3 Å². The van der Waals surface area contributed by atoms with Gasteiger partial charge in [-0.2, -0.15) is 14.0 Å². The zero-order valence-corrected chi connectivity index (χ0v) is 17.2. The van der Waals surface area contributed by atoms with Gasteiger partial charge >= 0.3 is 6.61 Å². The zero-order chi connectivity index (χ0) is 22.1. The first-order chi connectivity index (χ1) is 14.4. The Labute approximate surface area is 176 Å². The summed E-state index contributed by atoms with van der Waals surface area (Å²) in [6.07, 6.45) is 4.73. The Hall–Kier alpha value is -3.25. The van der Waals surface area contributed by atoms with E-state index in [1.807, 2.05) is 13.0 Å². The number of thiazole rings is 1. The maximum atomic E-state index is 12.8. The number of aromatic nitrogens is 1. The molecule has 1 N–H and O–H groups in total.